The maximum absolute atomic E-state index is 11.9. The number of H-pyrrole nitrogens is 1. The molecule has 1 aliphatic rings. The topological polar surface area (TPSA) is 79.2 Å². The fourth-order valence-corrected chi connectivity index (χ4v) is 2.67. The maximum atomic E-state index is 11.9. The molecule has 0 spiro atoms. The Morgan fingerprint density at radius 3 is 2.95 bits per heavy atom. The van der Waals surface area contributed by atoms with E-state index in [4.69, 9.17) is 5.73 Å². The number of benzene rings is 1. The van der Waals surface area contributed by atoms with Crippen LogP contribution in [0.5, 0.6) is 0 Å². The van der Waals surface area contributed by atoms with Crippen LogP contribution in [0.3, 0.4) is 0 Å². The van der Waals surface area contributed by atoms with Gasteiger partial charge in [0.15, 0.2) is 0 Å². The quantitative estimate of drug-likeness (QED) is 0.823. The summed E-state index contributed by atoms with van der Waals surface area (Å²) in [5, 5.41) is 1.13. The van der Waals surface area contributed by atoms with Crippen LogP contribution in [0.2, 0.25) is 0 Å². The molecular weight excluding hydrogens is 254 g/mol. The van der Waals surface area contributed by atoms with E-state index in [1.54, 1.807) is 0 Å². The average molecular weight is 271 g/mol. The second-order valence-electron chi connectivity index (χ2n) is 5.14. The molecule has 2 amide bonds. The number of piperidine rings is 1. The van der Waals surface area contributed by atoms with E-state index in [-0.39, 0.29) is 11.8 Å². The van der Waals surface area contributed by atoms with Gasteiger partial charge in [-0.2, -0.15) is 0 Å². The number of amides is 2. The minimum Gasteiger partial charge on any atom is -0.361 e. The number of para-hydroxylation sites is 1. The molecule has 3 N–H and O–H groups in total. The van der Waals surface area contributed by atoms with Gasteiger partial charge in [0.1, 0.15) is 0 Å². The molecule has 0 radical (unpaired) electrons. The highest BCUT2D eigenvalue weighted by Gasteiger charge is 2.31. The highest BCUT2D eigenvalue weighted by Crippen LogP contribution is 2.19. The van der Waals surface area contributed by atoms with Crippen molar-refractivity contribution in [2.75, 3.05) is 6.54 Å². The molecule has 104 valence electrons. The number of hydrogen-bond donors (Lipinski definition) is 2. The first-order valence-corrected chi connectivity index (χ1v) is 6.81. The van der Waals surface area contributed by atoms with Crippen molar-refractivity contribution < 1.29 is 9.59 Å². The van der Waals surface area contributed by atoms with E-state index in [1.165, 1.54) is 4.90 Å². The van der Waals surface area contributed by atoms with Gasteiger partial charge in [0.2, 0.25) is 11.8 Å². The Labute approximate surface area is 116 Å². The van der Waals surface area contributed by atoms with Gasteiger partial charge in [0.25, 0.3) is 0 Å². The molecule has 0 bridgehead atoms. The van der Waals surface area contributed by atoms with E-state index in [0.717, 1.165) is 16.5 Å². The summed E-state index contributed by atoms with van der Waals surface area (Å²) in [5.41, 5.74) is 7.90. The lowest BCUT2D eigenvalue weighted by Crippen LogP contribution is -2.51. The van der Waals surface area contributed by atoms with E-state index < -0.39 is 6.04 Å². The summed E-state index contributed by atoms with van der Waals surface area (Å²) in [7, 11) is 0. The van der Waals surface area contributed by atoms with Crippen molar-refractivity contribution in [3.8, 4) is 0 Å². The van der Waals surface area contributed by atoms with Crippen LogP contribution >= 0.6 is 0 Å². The standard InChI is InChI=1S/C15H17N3O2/c16-12-5-6-14(19)18(15(12)20)8-7-10-9-17-13-4-2-1-3-11(10)13/h1-4,9,12,17H,5-8,16H2. The summed E-state index contributed by atoms with van der Waals surface area (Å²) < 4.78 is 0. The van der Waals surface area contributed by atoms with Gasteiger partial charge in [0, 0.05) is 30.1 Å². The molecule has 1 unspecified atom stereocenters. The minimum absolute atomic E-state index is 0.114. The Hall–Kier alpha value is -2.14. The van der Waals surface area contributed by atoms with Crippen LogP contribution in [0.15, 0.2) is 30.5 Å². The van der Waals surface area contributed by atoms with Crippen LogP contribution < -0.4 is 5.73 Å². The number of carbonyl (C=O) groups excluding carboxylic acids is 2. The normalized spacial score (nSPS) is 19.9. The molecule has 0 aliphatic carbocycles. The van der Waals surface area contributed by atoms with Gasteiger partial charge in [-0.15, -0.1) is 0 Å². The number of aromatic nitrogens is 1. The van der Waals surface area contributed by atoms with Crippen molar-refractivity contribution in [3.63, 3.8) is 0 Å². The lowest BCUT2D eigenvalue weighted by atomic mass is 10.0. The van der Waals surface area contributed by atoms with Crippen molar-refractivity contribution in [1.29, 1.82) is 0 Å². The van der Waals surface area contributed by atoms with Gasteiger partial charge < -0.3 is 10.7 Å². The summed E-state index contributed by atoms with van der Waals surface area (Å²) in [4.78, 5) is 28.2. The smallest absolute Gasteiger partial charge is 0.246 e. The number of likely N-dealkylation sites (tertiary alicyclic amines) is 1. The first kappa shape index (κ1) is 12.9. The summed E-state index contributed by atoms with van der Waals surface area (Å²) >= 11 is 0. The van der Waals surface area contributed by atoms with Crippen LogP contribution in [0.4, 0.5) is 0 Å². The zero-order valence-corrected chi connectivity index (χ0v) is 11.1. The molecule has 20 heavy (non-hydrogen) atoms. The highest BCUT2D eigenvalue weighted by molar-refractivity contribution is 6.00. The maximum Gasteiger partial charge on any atom is 0.246 e. The van der Waals surface area contributed by atoms with Crippen LogP contribution in [0.1, 0.15) is 18.4 Å². The second kappa shape index (κ2) is 5.09. The number of hydrogen-bond acceptors (Lipinski definition) is 3. The van der Waals surface area contributed by atoms with E-state index in [0.29, 0.717) is 25.8 Å². The zero-order chi connectivity index (χ0) is 14.1. The number of nitrogens with one attached hydrogen (secondary N) is 1. The molecule has 1 aliphatic heterocycles. The number of aromatic amines is 1. The van der Waals surface area contributed by atoms with E-state index in [2.05, 4.69) is 4.98 Å². The van der Waals surface area contributed by atoms with Gasteiger partial charge in [-0.05, 0) is 24.5 Å². The van der Waals surface area contributed by atoms with E-state index >= 15 is 0 Å². The largest absolute Gasteiger partial charge is 0.361 e. The van der Waals surface area contributed by atoms with Gasteiger partial charge in [0.05, 0.1) is 6.04 Å². The molecule has 1 saturated heterocycles. The molecule has 5 nitrogen and oxygen atoms in total. The van der Waals surface area contributed by atoms with Gasteiger partial charge in [-0.3, -0.25) is 14.5 Å². The molecule has 3 rings (SSSR count). The SMILES string of the molecule is NC1CCC(=O)N(CCc2c[nH]c3ccccc23)C1=O. The minimum atomic E-state index is -0.532. The lowest BCUT2D eigenvalue weighted by molar-refractivity contribution is -0.149. The predicted octanol–water partition coefficient (Wildman–Crippen LogP) is 1.19. The molecular formula is C15H17N3O2. The third-order valence-corrected chi connectivity index (χ3v) is 3.83. The molecule has 2 aromatic rings. The Morgan fingerprint density at radius 1 is 1.30 bits per heavy atom. The fraction of sp³-hybridized carbons (Fsp3) is 0.333. The van der Waals surface area contributed by atoms with E-state index in [1.807, 2.05) is 30.5 Å². The Kier molecular flexibility index (Phi) is 3.28. The number of nitrogens with two attached hydrogens (primary N) is 1. The Balaban J connectivity index is 1.75. The van der Waals surface area contributed by atoms with Crippen LogP contribution in [0.25, 0.3) is 10.9 Å². The summed E-state index contributed by atoms with van der Waals surface area (Å²) in [6.45, 7) is 0.396. The Bertz CT molecular complexity index is 662. The zero-order valence-electron chi connectivity index (χ0n) is 11.1. The lowest BCUT2D eigenvalue weighted by Gasteiger charge is -2.28. The summed E-state index contributed by atoms with van der Waals surface area (Å²) in [5.74, 6) is -0.363. The molecule has 0 saturated carbocycles. The van der Waals surface area contributed by atoms with Crippen molar-refractivity contribution in [2.45, 2.75) is 25.3 Å². The van der Waals surface area contributed by atoms with Gasteiger partial charge in [-0.25, -0.2) is 0 Å². The number of nitrogens with zero attached hydrogens (tertiary/aromatic N) is 1. The summed E-state index contributed by atoms with van der Waals surface area (Å²) in [6.07, 6.45) is 3.40. The van der Waals surface area contributed by atoms with Gasteiger partial charge >= 0.3 is 0 Å². The van der Waals surface area contributed by atoms with Crippen molar-refractivity contribution in [2.24, 2.45) is 5.73 Å². The monoisotopic (exact) mass is 271 g/mol. The van der Waals surface area contributed by atoms with Crippen LogP contribution in [0, 0.1) is 0 Å². The molecule has 1 fully saturated rings. The molecule has 5 heteroatoms. The molecule has 1 aromatic carbocycles. The summed E-state index contributed by atoms with van der Waals surface area (Å²) in [6, 6.07) is 7.46. The first-order chi connectivity index (χ1) is 9.66. The molecule has 2 heterocycles. The molecule has 1 atom stereocenters. The fourth-order valence-electron chi connectivity index (χ4n) is 2.67. The van der Waals surface area contributed by atoms with Crippen LogP contribution in [-0.2, 0) is 16.0 Å². The predicted molar refractivity (Wildman–Crippen MR) is 75.9 cm³/mol. The molecule has 1 aromatic heterocycles. The van der Waals surface area contributed by atoms with Crippen molar-refractivity contribution >= 4 is 22.7 Å². The van der Waals surface area contributed by atoms with Gasteiger partial charge in [-0.1, -0.05) is 18.2 Å². The number of fused-ring (bicyclic) bond motifs is 1. The van der Waals surface area contributed by atoms with Crippen molar-refractivity contribution in [3.05, 3.63) is 36.0 Å². The first-order valence-electron chi connectivity index (χ1n) is 6.81. The Morgan fingerprint density at radius 2 is 2.10 bits per heavy atom. The number of imide groups is 1. The van der Waals surface area contributed by atoms with E-state index in [9.17, 15) is 9.59 Å². The average Bonchev–Trinajstić information content (AvgIpc) is 2.87. The van der Waals surface area contributed by atoms with Crippen molar-refractivity contribution in [1.82, 2.24) is 9.88 Å². The second-order valence-corrected chi connectivity index (χ2v) is 5.14. The third kappa shape index (κ3) is 2.20. The number of carbonyl (C=O) groups is 2. The number of rotatable bonds is 3. The van der Waals surface area contributed by atoms with Crippen LogP contribution in [-0.4, -0.2) is 34.3 Å². The third-order valence-electron chi connectivity index (χ3n) is 3.83. The highest BCUT2D eigenvalue weighted by atomic mass is 16.2.